The third-order valence-electron chi connectivity index (χ3n) is 2.68. The van der Waals surface area contributed by atoms with E-state index in [2.05, 4.69) is 6.92 Å². The summed E-state index contributed by atoms with van der Waals surface area (Å²) in [6.45, 7) is 2.21. The molecule has 0 amide bonds. The van der Waals surface area contributed by atoms with Crippen LogP contribution in [0.25, 0.3) is 0 Å². The molecule has 1 aromatic rings. The number of rotatable bonds is 2. The molecule has 1 nitrogen and oxygen atoms in total. The van der Waals surface area contributed by atoms with Crippen molar-refractivity contribution in [3.05, 3.63) is 24.2 Å². The van der Waals surface area contributed by atoms with Crippen LogP contribution in [0.15, 0.2) is 22.8 Å². The third kappa shape index (κ3) is 0.987. The summed E-state index contributed by atoms with van der Waals surface area (Å²) in [4.78, 5) is 0. The monoisotopic (exact) mass is 170 g/mol. The summed E-state index contributed by atoms with van der Waals surface area (Å²) in [6, 6.07) is 3.97. The molecular weight excluding hydrogens is 160 g/mol. The average Bonchev–Trinajstić information content (AvgIpc) is 2.55. The Hall–Kier alpha value is -0.430. The van der Waals surface area contributed by atoms with Gasteiger partial charge in [-0.3, -0.25) is 0 Å². The van der Waals surface area contributed by atoms with Crippen LogP contribution in [0.2, 0.25) is 0 Å². The van der Waals surface area contributed by atoms with Gasteiger partial charge in [-0.1, -0.05) is 6.92 Å². The number of hydrogen-bond acceptors (Lipinski definition) is 1. The molecule has 1 fully saturated rings. The molecule has 0 N–H and O–H groups in total. The SMILES string of the molecule is CC1(c2ccco2)CC1CCl. The molecule has 2 unspecified atom stereocenters. The van der Waals surface area contributed by atoms with E-state index >= 15 is 0 Å². The molecule has 0 aliphatic heterocycles. The lowest BCUT2D eigenvalue weighted by Crippen LogP contribution is -2.02. The summed E-state index contributed by atoms with van der Waals surface area (Å²) < 4.78 is 5.33. The quantitative estimate of drug-likeness (QED) is 0.623. The molecule has 1 aliphatic rings. The molecule has 2 rings (SSSR count). The predicted molar refractivity (Wildman–Crippen MR) is 44.9 cm³/mol. The number of halogens is 1. The van der Waals surface area contributed by atoms with Crippen LogP contribution in [-0.4, -0.2) is 5.88 Å². The van der Waals surface area contributed by atoms with E-state index in [-0.39, 0.29) is 5.41 Å². The largest absolute Gasteiger partial charge is 0.469 e. The lowest BCUT2D eigenvalue weighted by Gasteiger charge is -2.04. The molecule has 0 radical (unpaired) electrons. The summed E-state index contributed by atoms with van der Waals surface area (Å²) in [5.74, 6) is 2.45. The van der Waals surface area contributed by atoms with Crippen molar-refractivity contribution in [3.63, 3.8) is 0 Å². The molecule has 1 aliphatic carbocycles. The van der Waals surface area contributed by atoms with Crippen molar-refractivity contribution in [2.24, 2.45) is 5.92 Å². The molecule has 60 valence electrons. The van der Waals surface area contributed by atoms with Gasteiger partial charge in [-0.2, -0.15) is 0 Å². The van der Waals surface area contributed by atoms with Gasteiger partial charge in [0.05, 0.1) is 6.26 Å². The zero-order valence-corrected chi connectivity index (χ0v) is 7.27. The molecule has 2 atom stereocenters. The Kier molecular flexibility index (Phi) is 1.50. The first kappa shape index (κ1) is 7.23. The van der Waals surface area contributed by atoms with Gasteiger partial charge in [-0.15, -0.1) is 11.6 Å². The number of furan rings is 1. The first-order chi connectivity index (χ1) is 5.27. The van der Waals surface area contributed by atoms with E-state index in [4.69, 9.17) is 16.0 Å². The Morgan fingerprint density at radius 1 is 1.82 bits per heavy atom. The van der Waals surface area contributed by atoms with E-state index in [9.17, 15) is 0 Å². The van der Waals surface area contributed by atoms with Crippen LogP contribution >= 0.6 is 11.6 Å². The van der Waals surface area contributed by atoms with Gasteiger partial charge in [0.25, 0.3) is 0 Å². The standard InChI is InChI=1S/C9H11ClO/c1-9(5-7(9)6-10)8-3-2-4-11-8/h2-4,7H,5-6H2,1H3. The highest BCUT2D eigenvalue weighted by atomic mass is 35.5. The summed E-state index contributed by atoms with van der Waals surface area (Å²) in [7, 11) is 0. The highest BCUT2D eigenvalue weighted by molar-refractivity contribution is 6.18. The maximum atomic E-state index is 5.76. The molecule has 0 spiro atoms. The fourth-order valence-electron chi connectivity index (χ4n) is 1.58. The summed E-state index contributed by atoms with van der Waals surface area (Å²) in [5, 5.41) is 0. The molecule has 0 aromatic carbocycles. The third-order valence-corrected chi connectivity index (χ3v) is 3.05. The highest BCUT2D eigenvalue weighted by Crippen LogP contribution is 2.54. The van der Waals surface area contributed by atoms with E-state index in [0.29, 0.717) is 5.92 Å². The minimum atomic E-state index is 0.241. The van der Waals surface area contributed by atoms with E-state index in [1.54, 1.807) is 6.26 Å². The van der Waals surface area contributed by atoms with Crippen LogP contribution in [-0.2, 0) is 5.41 Å². The molecule has 11 heavy (non-hydrogen) atoms. The van der Waals surface area contributed by atoms with Crippen LogP contribution in [0, 0.1) is 5.92 Å². The maximum Gasteiger partial charge on any atom is 0.109 e. The van der Waals surface area contributed by atoms with Gasteiger partial charge >= 0.3 is 0 Å². The molecule has 1 heterocycles. The Bertz CT molecular complexity index is 242. The van der Waals surface area contributed by atoms with Gasteiger partial charge in [0.1, 0.15) is 5.76 Å². The minimum absolute atomic E-state index is 0.241. The molecule has 1 aromatic heterocycles. The fraction of sp³-hybridized carbons (Fsp3) is 0.556. The summed E-state index contributed by atoms with van der Waals surface area (Å²) >= 11 is 5.76. The van der Waals surface area contributed by atoms with Gasteiger partial charge in [-0.25, -0.2) is 0 Å². The normalized spacial score (nSPS) is 35.6. The first-order valence-corrected chi connectivity index (χ1v) is 4.41. The van der Waals surface area contributed by atoms with Gasteiger partial charge in [0.15, 0.2) is 0 Å². The van der Waals surface area contributed by atoms with E-state index in [1.165, 1.54) is 6.42 Å². The Labute approximate surface area is 71.3 Å². The maximum absolute atomic E-state index is 5.76. The topological polar surface area (TPSA) is 13.1 Å². The van der Waals surface area contributed by atoms with Gasteiger partial charge < -0.3 is 4.42 Å². The lowest BCUT2D eigenvalue weighted by molar-refractivity contribution is 0.453. The van der Waals surface area contributed by atoms with Crippen molar-refractivity contribution in [1.29, 1.82) is 0 Å². The van der Waals surface area contributed by atoms with E-state index in [1.807, 2.05) is 12.1 Å². The van der Waals surface area contributed by atoms with E-state index in [0.717, 1.165) is 11.6 Å². The number of alkyl halides is 1. The van der Waals surface area contributed by atoms with E-state index < -0.39 is 0 Å². The van der Waals surface area contributed by atoms with Crippen molar-refractivity contribution >= 4 is 11.6 Å². The zero-order chi connectivity index (χ0) is 7.90. The van der Waals surface area contributed by atoms with Crippen LogP contribution in [0.4, 0.5) is 0 Å². The molecule has 1 saturated carbocycles. The Morgan fingerprint density at radius 2 is 2.64 bits per heavy atom. The molecule has 0 saturated heterocycles. The van der Waals surface area contributed by atoms with Crippen LogP contribution < -0.4 is 0 Å². The Balaban J connectivity index is 2.19. The second-order valence-corrected chi connectivity index (χ2v) is 3.76. The molecule has 0 bridgehead atoms. The molecule has 2 heteroatoms. The fourth-order valence-corrected chi connectivity index (χ4v) is 2.03. The lowest BCUT2D eigenvalue weighted by atomic mass is 10.0. The Morgan fingerprint density at radius 3 is 3.09 bits per heavy atom. The second kappa shape index (κ2) is 2.28. The van der Waals surface area contributed by atoms with Crippen molar-refractivity contribution in [2.45, 2.75) is 18.8 Å². The van der Waals surface area contributed by atoms with Crippen LogP contribution in [0.3, 0.4) is 0 Å². The van der Waals surface area contributed by atoms with Crippen molar-refractivity contribution < 1.29 is 4.42 Å². The predicted octanol–water partition coefficient (Wildman–Crippen LogP) is 2.80. The van der Waals surface area contributed by atoms with Gasteiger partial charge in [0.2, 0.25) is 0 Å². The summed E-state index contributed by atoms with van der Waals surface area (Å²) in [5.41, 5.74) is 0.241. The zero-order valence-electron chi connectivity index (χ0n) is 6.51. The second-order valence-electron chi connectivity index (χ2n) is 3.45. The van der Waals surface area contributed by atoms with Crippen LogP contribution in [0.1, 0.15) is 19.1 Å². The minimum Gasteiger partial charge on any atom is -0.469 e. The first-order valence-electron chi connectivity index (χ1n) is 3.87. The van der Waals surface area contributed by atoms with Gasteiger partial charge in [-0.05, 0) is 24.5 Å². The molecular formula is C9H11ClO. The number of hydrogen-bond donors (Lipinski definition) is 0. The van der Waals surface area contributed by atoms with Crippen molar-refractivity contribution in [3.8, 4) is 0 Å². The average molecular weight is 171 g/mol. The van der Waals surface area contributed by atoms with Crippen molar-refractivity contribution in [2.75, 3.05) is 5.88 Å². The smallest absolute Gasteiger partial charge is 0.109 e. The van der Waals surface area contributed by atoms with Crippen LogP contribution in [0.5, 0.6) is 0 Å². The van der Waals surface area contributed by atoms with Gasteiger partial charge in [0, 0.05) is 11.3 Å². The highest BCUT2D eigenvalue weighted by Gasteiger charge is 2.52. The van der Waals surface area contributed by atoms with Crippen molar-refractivity contribution in [1.82, 2.24) is 0 Å². The summed E-state index contributed by atoms with van der Waals surface area (Å²) in [6.07, 6.45) is 2.90.